The van der Waals surface area contributed by atoms with E-state index in [0.29, 0.717) is 6.04 Å². The van der Waals surface area contributed by atoms with Crippen LogP contribution in [0.3, 0.4) is 0 Å². The van der Waals surface area contributed by atoms with E-state index < -0.39 is 0 Å². The third-order valence-corrected chi connectivity index (χ3v) is 1.28. The van der Waals surface area contributed by atoms with E-state index in [1.807, 2.05) is 19.1 Å². The second-order valence-corrected chi connectivity index (χ2v) is 1.90. The molecule has 54 valence electrons. The summed E-state index contributed by atoms with van der Waals surface area (Å²) in [4.78, 5) is 0. The molecule has 1 nitrogen and oxygen atoms in total. The van der Waals surface area contributed by atoms with Gasteiger partial charge in [0.2, 0.25) is 0 Å². The molecule has 0 atom stereocenters. The smallest absolute Gasteiger partial charge is 0.0625 e. The molecule has 0 aliphatic rings. The van der Waals surface area contributed by atoms with Crippen LogP contribution in [0, 0.1) is 6.92 Å². The Morgan fingerprint density at radius 1 is 1.50 bits per heavy atom. The molecule has 0 saturated heterocycles. The predicted octanol–water partition coefficient (Wildman–Crippen LogP) is 2.63. The van der Waals surface area contributed by atoms with Gasteiger partial charge < -0.3 is 5.32 Å². The summed E-state index contributed by atoms with van der Waals surface area (Å²) in [7, 11) is 1.74. The Kier molecular flexibility index (Phi) is 3.52. The Bertz CT molecular complexity index is 238. The zero-order chi connectivity index (χ0) is 7.56. The molecular weight excluding hydrogens is 294 g/mol. The van der Waals surface area contributed by atoms with E-state index in [-0.39, 0.29) is 21.1 Å². The molecule has 0 N–H and O–H groups in total. The summed E-state index contributed by atoms with van der Waals surface area (Å²) in [6.07, 6.45) is 0. The van der Waals surface area contributed by atoms with Gasteiger partial charge in [0.25, 0.3) is 0 Å². The van der Waals surface area contributed by atoms with Crippen LogP contribution in [0.2, 0.25) is 0 Å². The minimum Gasteiger partial charge on any atom is -0.687 e. The first-order chi connectivity index (χ1) is 4.75. The van der Waals surface area contributed by atoms with Crippen LogP contribution in [-0.2, 0) is 21.1 Å². The molecule has 1 aromatic rings. The molecule has 0 unspecified atom stereocenters. The van der Waals surface area contributed by atoms with Gasteiger partial charge in [0, 0.05) is 21.1 Å². The van der Waals surface area contributed by atoms with Crippen LogP contribution in [0.5, 0.6) is 0 Å². The monoisotopic (exact) mass is 305 g/mol. The predicted molar refractivity (Wildman–Crippen MR) is 40.1 cm³/mol. The minimum atomic E-state index is 0. The van der Waals surface area contributed by atoms with E-state index in [2.05, 4.69) is 5.32 Å². The van der Waals surface area contributed by atoms with Crippen LogP contribution in [0.1, 0.15) is 6.93 Å². The summed E-state index contributed by atoms with van der Waals surface area (Å²) in [6.45, 7) is 1.91. The summed E-state index contributed by atoms with van der Waals surface area (Å²) in [5, 5.41) is 4.01. The first-order valence-electron chi connectivity index (χ1n) is 3.41. The van der Waals surface area contributed by atoms with E-state index in [1.54, 1.807) is 13.1 Å². The molecule has 1 aromatic carbocycles. The van der Waals surface area contributed by atoms with Crippen molar-refractivity contribution in [2.45, 2.75) is 6.92 Å². The Morgan fingerprint density at radius 2 is 2.20 bits per heavy atom. The van der Waals surface area contributed by atoms with Gasteiger partial charge in [-0.3, -0.25) is 0 Å². The van der Waals surface area contributed by atoms with Gasteiger partial charge in [0.05, 0.1) is 1.37 Å². The van der Waals surface area contributed by atoms with Crippen molar-refractivity contribution in [3.63, 3.8) is 0 Å². The molecule has 0 aromatic heterocycles. The fourth-order valence-electron chi connectivity index (χ4n) is 0.754. The molecule has 10 heavy (non-hydrogen) atoms. The molecule has 0 saturated carbocycles. The van der Waals surface area contributed by atoms with Gasteiger partial charge in [-0.05, 0) is 6.92 Å². The number of benzene rings is 1. The maximum Gasteiger partial charge on any atom is 0.0625 e. The number of hydrogen-bond acceptors (Lipinski definition) is 0. The third kappa shape index (κ3) is 2.15. The molecule has 0 heterocycles. The molecular formula is C8H10NW-. The van der Waals surface area contributed by atoms with E-state index in [4.69, 9.17) is 1.37 Å². The molecule has 0 fully saturated rings. The molecule has 0 aliphatic carbocycles. The Morgan fingerprint density at radius 3 is 2.70 bits per heavy atom. The van der Waals surface area contributed by atoms with Gasteiger partial charge in [-0.1, -0.05) is 29.8 Å². The van der Waals surface area contributed by atoms with Crippen molar-refractivity contribution in [3.05, 3.63) is 35.1 Å². The van der Waals surface area contributed by atoms with Gasteiger partial charge in [0.15, 0.2) is 0 Å². The summed E-state index contributed by atoms with van der Waals surface area (Å²) >= 11 is 0. The van der Waals surface area contributed by atoms with Gasteiger partial charge >= 0.3 is 0 Å². The van der Waals surface area contributed by atoms with Crippen LogP contribution in [0.25, 0.3) is 5.32 Å². The minimum absolute atomic E-state index is 0. The summed E-state index contributed by atoms with van der Waals surface area (Å²) in [5.41, 5.74) is 1.86. The van der Waals surface area contributed by atoms with Gasteiger partial charge in [-0.25, -0.2) is 0 Å². The molecule has 0 amide bonds. The van der Waals surface area contributed by atoms with Crippen molar-refractivity contribution < 1.29 is 22.4 Å². The molecule has 2 heteroatoms. The largest absolute Gasteiger partial charge is 0.687 e. The zero-order valence-corrected chi connectivity index (χ0v) is 9.02. The fourth-order valence-corrected chi connectivity index (χ4v) is 0.754. The average Bonchev–Trinajstić information content (AvgIpc) is 1.95. The normalized spacial score (nSPS) is 9.60. The van der Waals surface area contributed by atoms with Crippen LogP contribution in [-0.4, -0.2) is 7.05 Å². The van der Waals surface area contributed by atoms with Crippen molar-refractivity contribution >= 4 is 5.69 Å². The second-order valence-electron chi connectivity index (χ2n) is 1.90. The Hall–Kier alpha value is -0.292. The van der Waals surface area contributed by atoms with Crippen LogP contribution >= 0.6 is 0 Å². The van der Waals surface area contributed by atoms with Gasteiger partial charge in [0.1, 0.15) is 0 Å². The first-order valence-corrected chi connectivity index (χ1v) is 2.91. The number of hydrogen-bond donors (Lipinski definition) is 0. The van der Waals surface area contributed by atoms with Crippen molar-refractivity contribution in [2.75, 3.05) is 7.05 Å². The summed E-state index contributed by atoms with van der Waals surface area (Å²) < 4.78 is 7.40. The maximum absolute atomic E-state index is 7.40. The topological polar surface area (TPSA) is 14.1 Å². The second kappa shape index (κ2) is 4.51. The SMILES string of the molecule is [2H]c1cccc([N-]C)c1C.[W]. The van der Waals surface area contributed by atoms with Crippen LogP contribution in [0.15, 0.2) is 24.2 Å². The quantitative estimate of drug-likeness (QED) is 0.757. The fraction of sp³-hybridized carbons (Fsp3) is 0.250. The third-order valence-electron chi connectivity index (χ3n) is 1.28. The Labute approximate surface area is 77.5 Å². The maximum atomic E-state index is 7.40. The number of rotatable bonds is 1. The van der Waals surface area contributed by atoms with E-state index in [9.17, 15) is 0 Å². The molecule has 0 aliphatic heterocycles. The van der Waals surface area contributed by atoms with Crippen LogP contribution < -0.4 is 0 Å². The molecule has 0 radical (unpaired) electrons. The zero-order valence-electron chi connectivity index (χ0n) is 7.09. The number of nitrogens with zero attached hydrogens (tertiary/aromatic N) is 1. The van der Waals surface area contributed by atoms with Crippen molar-refractivity contribution in [3.8, 4) is 0 Å². The van der Waals surface area contributed by atoms with E-state index in [0.717, 1.165) is 11.3 Å². The number of para-hydroxylation sites is 1. The van der Waals surface area contributed by atoms with E-state index in [1.165, 1.54) is 0 Å². The van der Waals surface area contributed by atoms with E-state index >= 15 is 0 Å². The van der Waals surface area contributed by atoms with Crippen molar-refractivity contribution in [1.29, 1.82) is 0 Å². The molecule has 0 spiro atoms. The standard InChI is InChI=1S/C8H10N.W/c1-7-5-3-4-6-8(7)9-2;/h3-6H,1-2H3;/q-1;/i5D;. The first kappa shape index (κ1) is 7.81. The average molecular weight is 305 g/mol. The van der Waals surface area contributed by atoms with Gasteiger partial charge in [-0.2, -0.15) is 0 Å². The van der Waals surface area contributed by atoms with Crippen LogP contribution in [0.4, 0.5) is 5.69 Å². The van der Waals surface area contributed by atoms with Crippen molar-refractivity contribution in [1.82, 2.24) is 0 Å². The van der Waals surface area contributed by atoms with Gasteiger partial charge in [-0.15, -0.1) is 12.7 Å². The Balaban J connectivity index is 0.000001000. The molecule has 1 rings (SSSR count). The molecule has 0 bridgehead atoms. The summed E-state index contributed by atoms with van der Waals surface area (Å²) in [5.74, 6) is 0. The summed E-state index contributed by atoms with van der Waals surface area (Å²) in [6, 6.07) is 6.08. The van der Waals surface area contributed by atoms with Crippen molar-refractivity contribution in [2.24, 2.45) is 0 Å².